The number of hydrogen-bond acceptors (Lipinski definition) is 3. The summed E-state index contributed by atoms with van der Waals surface area (Å²) in [7, 11) is 0. The highest BCUT2D eigenvalue weighted by molar-refractivity contribution is 7.16. The van der Waals surface area contributed by atoms with E-state index in [-0.39, 0.29) is 25.0 Å². The minimum absolute atomic E-state index is 0.0365. The van der Waals surface area contributed by atoms with Crippen LogP contribution in [0.1, 0.15) is 25.1 Å². The zero-order valence-electron chi connectivity index (χ0n) is 11.6. The van der Waals surface area contributed by atoms with Crippen molar-refractivity contribution in [2.75, 3.05) is 13.1 Å². The second kappa shape index (κ2) is 8.11. The normalized spacial score (nSPS) is 10.6. The standard InChI is InChI=1S/C13H19ClN2O3S/c1-9(2)16(8-6-12(17)18)13(19)15-7-5-10-3-4-11(14)20-10/h3-4,9H,5-8H2,1-2H3,(H,15,19)(H,17,18). The second-order valence-electron chi connectivity index (χ2n) is 4.62. The molecule has 0 unspecified atom stereocenters. The van der Waals surface area contributed by atoms with Crippen LogP contribution in [0.2, 0.25) is 4.34 Å². The van der Waals surface area contributed by atoms with Crippen LogP contribution >= 0.6 is 22.9 Å². The molecule has 0 atom stereocenters. The van der Waals surface area contributed by atoms with Gasteiger partial charge in [0.05, 0.1) is 10.8 Å². The number of urea groups is 1. The fourth-order valence-electron chi connectivity index (χ4n) is 1.69. The van der Waals surface area contributed by atoms with Gasteiger partial charge >= 0.3 is 12.0 Å². The molecule has 0 saturated carbocycles. The lowest BCUT2D eigenvalue weighted by Crippen LogP contribution is -2.45. The number of carboxylic acids is 1. The van der Waals surface area contributed by atoms with Gasteiger partial charge in [0.15, 0.2) is 0 Å². The van der Waals surface area contributed by atoms with Gasteiger partial charge in [-0.3, -0.25) is 4.79 Å². The molecular formula is C13H19ClN2O3S. The number of carboxylic acid groups (broad SMARTS) is 1. The molecule has 2 N–H and O–H groups in total. The number of nitrogens with one attached hydrogen (secondary N) is 1. The zero-order chi connectivity index (χ0) is 15.1. The second-order valence-corrected chi connectivity index (χ2v) is 6.42. The Balaban J connectivity index is 2.39. The van der Waals surface area contributed by atoms with Gasteiger partial charge in [0.1, 0.15) is 0 Å². The summed E-state index contributed by atoms with van der Waals surface area (Å²) in [6.45, 7) is 4.44. The number of thiophene rings is 1. The Morgan fingerprint density at radius 3 is 2.65 bits per heavy atom. The number of carbonyl (C=O) groups is 2. The molecule has 0 aliphatic carbocycles. The summed E-state index contributed by atoms with van der Waals surface area (Å²) in [5.74, 6) is -0.906. The highest BCUT2D eigenvalue weighted by atomic mass is 35.5. The quantitative estimate of drug-likeness (QED) is 0.812. The third-order valence-corrected chi connectivity index (χ3v) is 4.02. The van der Waals surface area contributed by atoms with Crippen molar-refractivity contribution in [2.45, 2.75) is 32.7 Å². The smallest absolute Gasteiger partial charge is 0.317 e. The first kappa shape index (κ1) is 16.8. The molecule has 1 rings (SSSR count). The van der Waals surface area contributed by atoms with Gasteiger partial charge in [0.2, 0.25) is 0 Å². The molecular weight excluding hydrogens is 300 g/mol. The van der Waals surface area contributed by atoms with Crippen LogP contribution in [-0.4, -0.2) is 41.1 Å². The van der Waals surface area contributed by atoms with Gasteiger partial charge < -0.3 is 15.3 Å². The summed E-state index contributed by atoms with van der Waals surface area (Å²) in [5, 5.41) is 11.5. The van der Waals surface area contributed by atoms with Gasteiger partial charge in [-0.1, -0.05) is 11.6 Å². The molecule has 0 fully saturated rings. The third kappa shape index (κ3) is 5.79. The summed E-state index contributed by atoms with van der Waals surface area (Å²) < 4.78 is 0.733. The molecule has 5 nitrogen and oxygen atoms in total. The first-order valence-electron chi connectivity index (χ1n) is 6.40. The lowest BCUT2D eigenvalue weighted by molar-refractivity contribution is -0.137. The van der Waals surface area contributed by atoms with Crippen molar-refractivity contribution >= 4 is 34.9 Å². The number of aliphatic carboxylic acids is 1. The Kier molecular flexibility index (Phi) is 6.81. The van der Waals surface area contributed by atoms with E-state index in [2.05, 4.69) is 5.32 Å². The van der Waals surface area contributed by atoms with E-state index in [1.807, 2.05) is 26.0 Å². The lowest BCUT2D eigenvalue weighted by atomic mass is 10.3. The molecule has 1 aromatic rings. The molecule has 20 heavy (non-hydrogen) atoms. The summed E-state index contributed by atoms with van der Waals surface area (Å²) in [6, 6.07) is 3.50. The molecule has 7 heteroatoms. The Morgan fingerprint density at radius 1 is 1.45 bits per heavy atom. The largest absolute Gasteiger partial charge is 0.481 e. The van der Waals surface area contributed by atoms with Gasteiger partial charge in [-0.05, 0) is 32.4 Å². The molecule has 1 heterocycles. The molecule has 0 bridgehead atoms. The predicted molar refractivity (Wildman–Crippen MR) is 80.5 cm³/mol. The summed E-state index contributed by atoms with van der Waals surface area (Å²) in [6.07, 6.45) is 0.667. The highest BCUT2D eigenvalue weighted by Gasteiger charge is 2.17. The van der Waals surface area contributed by atoms with Gasteiger partial charge in [0.25, 0.3) is 0 Å². The van der Waals surface area contributed by atoms with Crippen LogP contribution in [-0.2, 0) is 11.2 Å². The van der Waals surface area contributed by atoms with Gasteiger partial charge in [0, 0.05) is 24.0 Å². The van der Waals surface area contributed by atoms with Crippen LogP contribution in [0.25, 0.3) is 0 Å². The van der Waals surface area contributed by atoms with E-state index >= 15 is 0 Å². The zero-order valence-corrected chi connectivity index (χ0v) is 13.1. The van der Waals surface area contributed by atoms with Crippen molar-refractivity contribution in [3.05, 3.63) is 21.3 Å². The molecule has 112 valence electrons. The molecule has 1 aromatic heterocycles. The maximum Gasteiger partial charge on any atom is 0.317 e. The van der Waals surface area contributed by atoms with Crippen molar-refractivity contribution in [1.29, 1.82) is 0 Å². The van der Waals surface area contributed by atoms with Crippen molar-refractivity contribution in [3.8, 4) is 0 Å². The monoisotopic (exact) mass is 318 g/mol. The molecule has 2 amide bonds. The Labute approximate surface area is 127 Å². The fraction of sp³-hybridized carbons (Fsp3) is 0.538. The summed E-state index contributed by atoms with van der Waals surface area (Å²) >= 11 is 7.32. The minimum Gasteiger partial charge on any atom is -0.481 e. The van der Waals surface area contributed by atoms with Crippen LogP contribution in [0.5, 0.6) is 0 Å². The maximum absolute atomic E-state index is 12.0. The van der Waals surface area contributed by atoms with Crippen LogP contribution in [0.4, 0.5) is 4.79 Å². The number of nitrogens with zero attached hydrogens (tertiary/aromatic N) is 1. The average molecular weight is 319 g/mol. The average Bonchev–Trinajstić information content (AvgIpc) is 2.74. The number of hydrogen-bond donors (Lipinski definition) is 2. The van der Waals surface area contributed by atoms with E-state index in [0.29, 0.717) is 13.0 Å². The Bertz CT molecular complexity index is 462. The number of halogens is 1. The molecule has 0 aromatic carbocycles. The highest BCUT2D eigenvalue weighted by Crippen LogP contribution is 2.21. The van der Waals surface area contributed by atoms with Crippen LogP contribution < -0.4 is 5.32 Å². The number of amides is 2. The predicted octanol–water partition coefficient (Wildman–Crippen LogP) is 2.84. The number of rotatable bonds is 7. The topological polar surface area (TPSA) is 69.6 Å². The molecule has 0 aliphatic heterocycles. The van der Waals surface area contributed by atoms with Crippen molar-refractivity contribution in [1.82, 2.24) is 10.2 Å². The Morgan fingerprint density at radius 2 is 2.15 bits per heavy atom. The van der Waals surface area contributed by atoms with Gasteiger partial charge in [-0.2, -0.15) is 0 Å². The first-order chi connectivity index (χ1) is 9.40. The minimum atomic E-state index is -0.906. The van der Waals surface area contributed by atoms with Crippen molar-refractivity contribution in [2.24, 2.45) is 0 Å². The van der Waals surface area contributed by atoms with Gasteiger partial charge in [-0.25, -0.2) is 4.79 Å². The van der Waals surface area contributed by atoms with Gasteiger partial charge in [-0.15, -0.1) is 11.3 Å². The number of carbonyl (C=O) groups excluding carboxylic acids is 1. The Hall–Kier alpha value is -1.27. The fourth-order valence-corrected chi connectivity index (χ4v) is 2.78. The van der Waals surface area contributed by atoms with Crippen LogP contribution in [0.15, 0.2) is 12.1 Å². The molecule has 0 radical (unpaired) electrons. The SMILES string of the molecule is CC(C)N(CCC(=O)O)C(=O)NCCc1ccc(Cl)s1. The lowest BCUT2D eigenvalue weighted by Gasteiger charge is -2.26. The van der Waals surface area contributed by atoms with E-state index in [9.17, 15) is 9.59 Å². The van der Waals surface area contributed by atoms with E-state index in [1.54, 1.807) is 0 Å². The van der Waals surface area contributed by atoms with E-state index in [1.165, 1.54) is 16.2 Å². The van der Waals surface area contributed by atoms with Crippen LogP contribution in [0, 0.1) is 0 Å². The third-order valence-electron chi connectivity index (χ3n) is 2.73. The van der Waals surface area contributed by atoms with E-state index < -0.39 is 5.97 Å². The molecule has 0 saturated heterocycles. The van der Waals surface area contributed by atoms with E-state index in [0.717, 1.165) is 9.21 Å². The molecule has 0 aliphatic rings. The van der Waals surface area contributed by atoms with Crippen molar-refractivity contribution in [3.63, 3.8) is 0 Å². The first-order valence-corrected chi connectivity index (χ1v) is 7.60. The van der Waals surface area contributed by atoms with Crippen molar-refractivity contribution < 1.29 is 14.7 Å². The summed E-state index contributed by atoms with van der Waals surface area (Å²) in [4.78, 5) is 25.2. The molecule has 0 spiro atoms. The maximum atomic E-state index is 12.0. The van der Waals surface area contributed by atoms with Crippen LogP contribution in [0.3, 0.4) is 0 Å². The summed E-state index contributed by atoms with van der Waals surface area (Å²) in [5.41, 5.74) is 0. The van der Waals surface area contributed by atoms with E-state index in [4.69, 9.17) is 16.7 Å².